The van der Waals surface area contributed by atoms with E-state index in [4.69, 9.17) is 21.1 Å². The summed E-state index contributed by atoms with van der Waals surface area (Å²) < 4.78 is 11.2. The number of anilines is 1. The summed E-state index contributed by atoms with van der Waals surface area (Å²) in [5.41, 5.74) is 1.16. The highest BCUT2D eigenvalue weighted by Crippen LogP contribution is 2.34. The molecule has 2 aromatic rings. The molecule has 102 valence electrons. The number of ether oxygens (including phenoxy) is 2. The zero-order valence-corrected chi connectivity index (χ0v) is 12.5. The van der Waals surface area contributed by atoms with E-state index >= 15 is 0 Å². The number of hydrogen-bond donors (Lipinski definition) is 1. The highest BCUT2D eigenvalue weighted by molar-refractivity contribution is 9.10. The molecule has 0 saturated heterocycles. The third-order valence-electron chi connectivity index (χ3n) is 2.81. The van der Waals surface area contributed by atoms with Gasteiger partial charge in [-0.2, -0.15) is 0 Å². The average Bonchev–Trinajstić information content (AvgIpc) is 2.89. The van der Waals surface area contributed by atoms with Crippen LogP contribution in [0.3, 0.4) is 0 Å². The number of rotatable bonds is 2. The van der Waals surface area contributed by atoms with Gasteiger partial charge < -0.3 is 14.8 Å². The van der Waals surface area contributed by atoms with Gasteiger partial charge in [-0.3, -0.25) is 4.79 Å². The molecular weight excluding hydrogens is 346 g/mol. The lowest BCUT2D eigenvalue weighted by molar-refractivity contribution is 0.102. The number of carbonyl (C=O) groups is 1. The summed E-state index contributed by atoms with van der Waals surface area (Å²) >= 11 is 9.19. The maximum absolute atomic E-state index is 12.1. The fourth-order valence-corrected chi connectivity index (χ4v) is 2.31. The Morgan fingerprint density at radius 3 is 2.75 bits per heavy atom. The molecule has 0 fully saturated rings. The summed E-state index contributed by atoms with van der Waals surface area (Å²) in [6.45, 7) is 0.205. The van der Waals surface area contributed by atoms with Gasteiger partial charge in [0.05, 0.1) is 5.02 Å². The van der Waals surface area contributed by atoms with Crippen molar-refractivity contribution in [2.75, 3.05) is 12.1 Å². The number of carbonyl (C=O) groups excluding carboxylic acids is 1. The van der Waals surface area contributed by atoms with Gasteiger partial charge in [0.1, 0.15) is 0 Å². The Morgan fingerprint density at radius 2 is 1.95 bits per heavy atom. The zero-order chi connectivity index (χ0) is 14.1. The van der Waals surface area contributed by atoms with E-state index in [2.05, 4.69) is 21.2 Å². The van der Waals surface area contributed by atoms with Gasteiger partial charge in [-0.25, -0.2) is 0 Å². The van der Waals surface area contributed by atoms with E-state index in [-0.39, 0.29) is 12.7 Å². The normalized spacial score (nSPS) is 12.3. The van der Waals surface area contributed by atoms with Crippen molar-refractivity contribution >= 4 is 39.1 Å². The predicted octanol–water partition coefficient (Wildman–Crippen LogP) is 4.08. The first-order valence-electron chi connectivity index (χ1n) is 5.79. The predicted molar refractivity (Wildman–Crippen MR) is 79.7 cm³/mol. The standard InChI is InChI=1S/C14H9BrClNO3/c15-10-5-8(1-3-11(10)16)14(18)17-9-2-4-12-13(6-9)20-7-19-12/h1-6H,7H2,(H,17,18). The molecule has 20 heavy (non-hydrogen) atoms. The molecule has 2 aromatic carbocycles. The van der Waals surface area contributed by atoms with E-state index in [0.29, 0.717) is 32.2 Å². The lowest BCUT2D eigenvalue weighted by atomic mass is 10.2. The number of nitrogens with one attached hydrogen (secondary N) is 1. The number of fused-ring (bicyclic) bond motifs is 1. The Balaban J connectivity index is 1.80. The van der Waals surface area contributed by atoms with Crippen LogP contribution in [-0.2, 0) is 0 Å². The summed E-state index contributed by atoms with van der Waals surface area (Å²) in [6.07, 6.45) is 0. The Kier molecular flexibility index (Phi) is 3.54. The minimum Gasteiger partial charge on any atom is -0.454 e. The first-order valence-corrected chi connectivity index (χ1v) is 6.96. The smallest absolute Gasteiger partial charge is 0.255 e. The topological polar surface area (TPSA) is 47.6 Å². The third kappa shape index (κ3) is 2.59. The number of hydrogen-bond acceptors (Lipinski definition) is 3. The molecule has 0 atom stereocenters. The highest BCUT2D eigenvalue weighted by atomic mass is 79.9. The van der Waals surface area contributed by atoms with Crippen molar-refractivity contribution in [2.45, 2.75) is 0 Å². The van der Waals surface area contributed by atoms with Gasteiger partial charge in [-0.15, -0.1) is 0 Å². The maximum Gasteiger partial charge on any atom is 0.255 e. The molecule has 1 aliphatic rings. The van der Waals surface area contributed by atoms with Crippen molar-refractivity contribution < 1.29 is 14.3 Å². The number of benzene rings is 2. The van der Waals surface area contributed by atoms with Crippen molar-refractivity contribution in [3.8, 4) is 11.5 Å². The van der Waals surface area contributed by atoms with Gasteiger partial charge in [0.25, 0.3) is 5.91 Å². The van der Waals surface area contributed by atoms with Crippen molar-refractivity contribution in [3.63, 3.8) is 0 Å². The molecule has 3 rings (SSSR count). The number of halogens is 2. The fraction of sp³-hybridized carbons (Fsp3) is 0.0714. The molecule has 0 unspecified atom stereocenters. The summed E-state index contributed by atoms with van der Waals surface area (Å²) in [7, 11) is 0. The van der Waals surface area contributed by atoms with Crippen LogP contribution in [0.15, 0.2) is 40.9 Å². The second-order valence-corrected chi connectivity index (χ2v) is 5.41. The van der Waals surface area contributed by atoms with Gasteiger partial charge in [-0.1, -0.05) is 11.6 Å². The van der Waals surface area contributed by atoms with Crippen LogP contribution in [0.4, 0.5) is 5.69 Å². The average molecular weight is 355 g/mol. The zero-order valence-electron chi connectivity index (χ0n) is 10.2. The summed E-state index contributed by atoms with van der Waals surface area (Å²) in [5.74, 6) is 1.08. The summed E-state index contributed by atoms with van der Waals surface area (Å²) in [4.78, 5) is 12.1. The van der Waals surface area contributed by atoms with Gasteiger partial charge in [-0.05, 0) is 46.3 Å². The largest absolute Gasteiger partial charge is 0.454 e. The second kappa shape index (κ2) is 5.34. The van der Waals surface area contributed by atoms with Crippen molar-refractivity contribution in [1.82, 2.24) is 0 Å². The van der Waals surface area contributed by atoms with E-state index in [1.165, 1.54) is 0 Å². The van der Waals surface area contributed by atoms with Crippen molar-refractivity contribution in [1.29, 1.82) is 0 Å². The van der Waals surface area contributed by atoms with E-state index < -0.39 is 0 Å². The SMILES string of the molecule is O=C(Nc1ccc2c(c1)OCO2)c1ccc(Cl)c(Br)c1. The van der Waals surface area contributed by atoms with Crippen LogP contribution in [0, 0.1) is 0 Å². The highest BCUT2D eigenvalue weighted by Gasteiger charge is 2.15. The van der Waals surface area contributed by atoms with Crippen molar-refractivity contribution in [3.05, 3.63) is 51.5 Å². The van der Waals surface area contributed by atoms with E-state index in [9.17, 15) is 4.79 Å². The van der Waals surface area contributed by atoms with Crippen LogP contribution >= 0.6 is 27.5 Å². The van der Waals surface area contributed by atoms with Gasteiger partial charge >= 0.3 is 0 Å². The molecule has 1 aliphatic heterocycles. The monoisotopic (exact) mass is 353 g/mol. The van der Waals surface area contributed by atoms with Crippen LogP contribution in [0.1, 0.15) is 10.4 Å². The summed E-state index contributed by atoms with van der Waals surface area (Å²) in [6, 6.07) is 10.2. The fourth-order valence-electron chi connectivity index (χ4n) is 1.81. The van der Waals surface area contributed by atoms with Gasteiger partial charge in [0, 0.05) is 21.8 Å². The Bertz CT molecular complexity index is 690. The molecule has 0 bridgehead atoms. The van der Waals surface area contributed by atoms with Crippen LogP contribution in [-0.4, -0.2) is 12.7 Å². The molecule has 0 saturated carbocycles. The first kappa shape index (κ1) is 13.3. The number of amides is 1. The quantitative estimate of drug-likeness (QED) is 0.884. The molecule has 0 radical (unpaired) electrons. The lowest BCUT2D eigenvalue weighted by Crippen LogP contribution is -2.11. The Morgan fingerprint density at radius 1 is 1.15 bits per heavy atom. The van der Waals surface area contributed by atoms with Gasteiger partial charge in [0.15, 0.2) is 11.5 Å². The maximum atomic E-state index is 12.1. The summed E-state index contributed by atoms with van der Waals surface area (Å²) in [5, 5.41) is 3.36. The minimum absolute atomic E-state index is 0.205. The van der Waals surface area contributed by atoms with Crippen LogP contribution < -0.4 is 14.8 Å². The Hall–Kier alpha value is -1.72. The third-order valence-corrected chi connectivity index (χ3v) is 4.03. The molecule has 0 aliphatic carbocycles. The molecule has 0 aromatic heterocycles. The van der Waals surface area contributed by atoms with E-state index in [1.807, 2.05) is 0 Å². The molecule has 4 nitrogen and oxygen atoms in total. The molecular formula is C14H9BrClNO3. The van der Waals surface area contributed by atoms with E-state index in [0.717, 1.165) is 0 Å². The lowest BCUT2D eigenvalue weighted by Gasteiger charge is -2.07. The van der Waals surface area contributed by atoms with Crippen LogP contribution in [0.2, 0.25) is 5.02 Å². The Labute approximate surface area is 128 Å². The molecule has 1 amide bonds. The molecule has 6 heteroatoms. The minimum atomic E-state index is -0.221. The van der Waals surface area contributed by atoms with Gasteiger partial charge in [0.2, 0.25) is 6.79 Å². The second-order valence-electron chi connectivity index (χ2n) is 4.15. The van der Waals surface area contributed by atoms with Crippen LogP contribution in [0.25, 0.3) is 0 Å². The molecule has 1 heterocycles. The van der Waals surface area contributed by atoms with Crippen molar-refractivity contribution in [2.24, 2.45) is 0 Å². The van der Waals surface area contributed by atoms with Crippen LogP contribution in [0.5, 0.6) is 11.5 Å². The molecule has 0 spiro atoms. The van der Waals surface area contributed by atoms with E-state index in [1.54, 1.807) is 36.4 Å². The first-order chi connectivity index (χ1) is 9.63. The molecule has 1 N–H and O–H groups in total.